The monoisotopic (exact) mass is 430 g/mol. The van der Waals surface area contributed by atoms with Crippen molar-refractivity contribution in [3.63, 3.8) is 0 Å². The molecule has 1 N–H and O–H groups in total. The van der Waals surface area contributed by atoms with Crippen molar-refractivity contribution < 1.29 is 37.0 Å². The van der Waals surface area contributed by atoms with E-state index in [1.54, 1.807) is 12.1 Å². The fraction of sp³-hybridized carbons (Fsp3) is 0.167. The van der Waals surface area contributed by atoms with Gasteiger partial charge in [-0.25, -0.2) is 14.6 Å². The van der Waals surface area contributed by atoms with Crippen LogP contribution in [0.15, 0.2) is 48.3 Å². The third-order valence-electron chi connectivity index (χ3n) is 3.37. The van der Waals surface area contributed by atoms with Gasteiger partial charge in [-0.05, 0) is 18.2 Å². The maximum Gasteiger partial charge on any atom is 0.417 e. The van der Waals surface area contributed by atoms with Gasteiger partial charge in [-0.2, -0.15) is 13.2 Å². The Bertz CT molecular complexity index is 947. The van der Waals surface area contributed by atoms with E-state index >= 15 is 0 Å². The molecule has 1 aromatic heterocycles. The van der Waals surface area contributed by atoms with Crippen LogP contribution in [0.25, 0.3) is 0 Å². The molecule has 0 saturated carbocycles. The second-order valence-corrected chi connectivity index (χ2v) is 5.71. The van der Waals surface area contributed by atoms with Gasteiger partial charge in [0.25, 0.3) is 0 Å². The molecule has 0 aliphatic carbocycles. The number of methoxy groups -OCH3 is 2. The molecule has 1 aromatic carbocycles. The lowest BCUT2D eigenvalue weighted by atomic mass is 10.2. The highest BCUT2D eigenvalue weighted by Crippen LogP contribution is 2.36. The molecule has 154 valence electrons. The molecule has 0 bridgehead atoms. The third kappa shape index (κ3) is 5.85. The fourth-order valence-electron chi connectivity index (χ4n) is 2.00. The molecular formula is C18H14ClF3N2O5. The van der Waals surface area contributed by atoms with Gasteiger partial charge < -0.3 is 19.5 Å². The molecule has 2 rings (SSSR count). The zero-order valence-corrected chi connectivity index (χ0v) is 15.8. The third-order valence-corrected chi connectivity index (χ3v) is 3.64. The average Bonchev–Trinajstić information content (AvgIpc) is 2.68. The van der Waals surface area contributed by atoms with Gasteiger partial charge in [-0.1, -0.05) is 23.7 Å². The summed E-state index contributed by atoms with van der Waals surface area (Å²) in [4.78, 5) is 26.9. The lowest BCUT2D eigenvalue weighted by Gasteiger charge is -2.15. The van der Waals surface area contributed by atoms with E-state index in [-0.39, 0.29) is 28.0 Å². The van der Waals surface area contributed by atoms with Gasteiger partial charge in [0.2, 0.25) is 5.88 Å². The van der Waals surface area contributed by atoms with E-state index < -0.39 is 23.7 Å². The van der Waals surface area contributed by atoms with E-state index in [2.05, 4.69) is 19.8 Å². The predicted octanol–water partition coefficient (Wildman–Crippen LogP) is 4.19. The van der Waals surface area contributed by atoms with Gasteiger partial charge in [-0.3, -0.25) is 0 Å². The molecule has 29 heavy (non-hydrogen) atoms. The Morgan fingerprint density at radius 2 is 1.86 bits per heavy atom. The molecule has 0 aliphatic rings. The summed E-state index contributed by atoms with van der Waals surface area (Å²) in [6.07, 6.45) is -3.16. The Morgan fingerprint density at radius 1 is 1.17 bits per heavy atom. The Labute approximate surface area is 168 Å². The number of esters is 2. The van der Waals surface area contributed by atoms with Crippen molar-refractivity contribution >= 4 is 29.2 Å². The number of nitrogens with zero attached hydrogens (tertiary/aromatic N) is 1. The number of pyridine rings is 1. The zero-order chi connectivity index (χ0) is 21.6. The molecule has 2 aromatic rings. The lowest BCUT2D eigenvalue weighted by Crippen LogP contribution is -2.15. The van der Waals surface area contributed by atoms with Crippen molar-refractivity contribution in [2.45, 2.75) is 6.18 Å². The summed E-state index contributed by atoms with van der Waals surface area (Å²) >= 11 is 5.85. The zero-order valence-electron chi connectivity index (χ0n) is 15.0. The highest BCUT2D eigenvalue weighted by Gasteiger charge is 2.32. The highest BCUT2D eigenvalue weighted by molar-refractivity contribution is 6.31. The molecule has 0 saturated heterocycles. The highest BCUT2D eigenvalue weighted by atomic mass is 35.5. The Kier molecular flexibility index (Phi) is 7.05. The quantitative estimate of drug-likeness (QED) is 0.543. The summed E-state index contributed by atoms with van der Waals surface area (Å²) < 4.78 is 52.8. The molecule has 1 heterocycles. The number of carbonyl (C=O) groups is 2. The van der Waals surface area contributed by atoms with Gasteiger partial charge >= 0.3 is 18.1 Å². The molecular weight excluding hydrogens is 417 g/mol. The summed E-state index contributed by atoms with van der Waals surface area (Å²) in [6, 6.07) is 6.77. The van der Waals surface area contributed by atoms with Gasteiger partial charge in [-0.15, -0.1) is 0 Å². The summed E-state index contributed by atoms with van der Waals surface area (Å²) in [5.74, 6) is -1.90. The number of hydrogen-bond acceptors (Lipinski definition) is 7. The van der Waals surface area contributed by atoms with Crippen molar-refractivity contribution in [3.05, 3.63) is 58.9 Å². The van der Waals surface area contributed by atoms with Crippen LogP contribution in [0.2, 0.25) is 5.02 Å². The first-order valence-corrected chi connectivity index (χ1v) is 8.18. The van der Waals surface area contributed by atoms with Crippen LogP contribution < -0.4 is 10.1 Å². The number of carbonyl (C=O) groups excluding carboxylic acids is 2. The van der Waals surface area contributed by atoms with Crippen LogP contribution in [0.1, 0.15) is 5.56 Å². The van der Waals surface area contributed by atoms with Crippen LogP contribution in [0.5, 0.6) is 11.6 Å². The Balaban J connectivity index is 2.35. The first-order chi connectivity index (χ1) is 13.7. The van der Waals surface area contributed by atoms with Crippen LogP contribution >= 0.6 is 11.6 Å². The van der Waals surface area contributed by atoms with Crippen LogP contribution in [0.3, 0.4) is 0 Å². The number of alkyl halides is 3. The second-order valence-electron chi connectivity index (χ2n) is 5.30. The fourth-order valence-corrected chi connectivity index (χ4v) is 2.20. The first-order valence-electron chi connectivity index (χ1n) is 7.80. The van der Waals surface area contributed by atoms with E-state index in [1.165, 1.54) is 12.1 Å². The van der Waals surface area contributed by atoms with E-state index in [0.717, 1.165) is 20.3 Å². The second kappa shape index (κ2) is 9.28. The summed E-state index contributed by atoms with van der Waals surface area (Å²) in [7, 11) is 2.24. The van der Waals surface area contributed by atoms with Crippen LogP contribution in [0.4, 0.5) is 18.9 Å². The summed E-state index contributed by atoms with van der Waals surface area (Å²) in [5.41, 5.74) is -1.11. The number of hydrogen-bond donors (Lipinski definition) is 1. The molecule has 0 radical (unpaired) electrons. The smallest absolute Gasteiger partial charge is 0.417 e. The maximum absolute atomic E-state index is 12.7. The number of rotatable bonds is 6. The van der Waals surface area contributed by atoms with Gasteiger partial charge in [0, 0.05) is 6.20 Å². The van der Waals surface area contributed by atoms with E-state index in [4.69, 9.17) is 16.3 Å². The van der Waals surface area contributed by atoms with Crippen molar-refractivity contribution in [2.24, 2.45) is 0 Å². The molecule has 0 spiro atoms. The minimum absolute atomic E-state index is 0.0707. The van der Waals surface area contributed by atoms with Crippen LogP contribution in [0, 0.1) is 0 Å². The maximum atomic E-state index is 12.7. The molecule has 0 amide bonds. The van der Waals surface area contributed by atoms with Gasteiger partial charge in [0.05, 0.1) is 31.5 Å². The van der Waals surface area contributed by atoms with Crippen molar-refractivity contribution in [1.82, 2.24) is 4.98 Å². The number of para-hydroxylation sites is 2. The number of halogens is 4. The molecule has 0 atom stereocenters. The van der Waals surface area contributed by atoms with Crippen molar-refractivity contribution in [1.29, 1.82) is 0 Å². The summed E-state index contributed by atoms with van der Waals surface area (Å²) in [6.45, 7) is 0. The summed E-state index contributed by atoms with van der Waals surface area (Å²) in [5, 5.41) is 2.28. The molecule has 11 heteroatoms. The SMILES string of the molecule is COC(=O)/C=C(/Nc1ccccc1Oc1ncc(C(F)(F)F)cc1Cl)C(=O)OC. The number of aromatic nitrogens is 1. The number of ether oxygens (including phenoxy) is 3. The van der Waals surface area contributed by atoms with Crippen LogP contribution in [-0.4, -0.2) is 31.1 Å². The largest absolute Gasteiger partial charge is 0.466 e. The number of anilines is 1. The predicted molar refractivity (Wildman–Crippen MR) is 96.5 cm³/mol. The molecule has 7 nitrogen and oxygen atoms in total. The number of nitrogens with one attached hydrogen (secondary N) is 1. The normalized spacial score (nSPS) is 11.6. The molecule has 0 aliphatic heterocycles. The Hall–Kier alpha value is -3.27. The van der Waals surface area contributed by atoms with E-state index in [9.17, 15) is 22.8 Å². The van der Waals surface area contributed by atoms with Gasteiger partial charge in [0.15, 0.2) is 5.75 Å². The average molecular weight is 431 g/mol. The molecule has 0 fully saturated rings. The first kappa shape index (κ1) is 22.0. The van der Waals surface area contributed by atoms with Gasteiger partial charge in [0.1, 0.15) is 10.7 Å². The van der Waals surface area contributed by atoms with E-state index in [0.29, 0.717) is 12.3 Å². The van der Waals surface area contributed by atoms with E-state index in [1.807, 2.05) is 0 Å². The molecule has 0 unspecified atom stereocenters. The van der Waals surface area contributed by atoms with Crippen LogP contribution in [-0.2, 0) is 25.2 Å². The minimum atomic E-state index is -4.61. The Morgan fingerprint density at radius 3 is 2.45 bits per heavy atom. The lowest BCUT2D eigenvalue weighted by molar-refractivity contribution is -0.138. The van der Waals surface area contributed by atoms with Crippen molar-refractivity contribution in [3.8, 4) is 11.6 Å². The van der Waals surface area contributed by atoms with Crippen molar-refractivity contribution in [2.75, 3.05) is 19.5 Å². The topological polar surface area (TPSA) is 86.8 Å². The minimum Gasteiger partial charge on any atom is -0.466 e. The number of benzene rings is 1. The standard InChI is InChI=1S/C18H14ClF3N2O5/c1-27-15(25)8-13(17(26)28-2)24-12-5-3-4-6-14(12)29-16-11(19)7-10(9-23-16)18(20,21)22/h3-9,24H,1-2H3/b13-8+.